The molecule has 21 heavy (non-hydrogen) atoms. The lowest BCUT2D eigenvalue weighted by atomic mass is 9.94. The Kier molecular flexibility index (Phi) is 5.85. The summed E-state index contributed by atoms with van der Waals surface area (Å²) in [5.74, 6) is -0.881. The standard InChI is InChI=1S/C15H26N2O4/c1-2-17(12-6-4-3-5-7-12)15(20)16-8-9-21-13(11-16)10-14(18)19/h12-13H,2-11H2,1H3,(H,18,19). The summed E-state index contributed by atoms with van der Waals surface area (Å²) >= 11 is 0. The lowest BCUT2D eigenvalue weighted by molar-refractivity contribution is -0.141. The highest BCUT2D eigenvalue weighted by molar-refractivity contribution is 5.75. The molecule has 0 spiro atoms. The van der Waals surface area contributed by atoms with Crippen LogP contribution in [0.5, 0.6) is 0 Å². The van der Waals surface area contributed by atoms with E-state index in [1.54, 1.807) is 4.90 Å². The van der Waals surface area contributed by atoms with Crippen molar-refractivity contribution in [1.29, 1.82) is 0 Å². The highest BCUT2D eigenvalue weighted by Gasteiger charge is 2.31. The van der Waals surface area contributed by atoms with Gasteiger partial charge in [0.25, 0.3) is 0 Å². The molecule has 6 heteroatoms. The second-order valence-corrected chi connectivity index (χ2v) is 5.90. The fourth-order valence-electron chi connectivity index (χ4n) is 3.34. The van der Waals surface area contributed by atoms with Gasteiger partial charge in [-0.25, -0.2) is 4.79 Å². The quantitative estimate of drug-likeness (QED) is 0.861. The highest BCUT2D eigenvalue weighted by atomic mass is 16.5. The zero-order chi connectivity index (χ0) is 15.2. The van der Waals surface area contributed by atoms with Crippen LogP contribution < -0.4 is 0 Å². The first kappa shape index (κ1) is 16.1. The lowest BCUT2D eigenvalue weighted by Crippen LogP contribution is -2.54. The molecule has 1 aliphatic carbocycles. The van der Waals surface area contributed by atoms with E-state index < -0.39 is 5.97 Å². The maximum Gasteiger partial charge on any atom is 0.320 e. The number of hydrogen-bond acceptors (Lipinski definition) is 3. The van der Waals surface area contributed by atoms with Crippen molar-refractivity contribution >= 4 is 12.0 Å². The second-order valence-electron chi connectivity index (χ2n) is 5.90. The number of hydrogen-bond donors (Lipinski definition) is 1. The van der Waals surface area contributed by atoms with Crippen LogP contribution in [-0.4, -0.2) is 65.3 Å². The van der Waals surface area contributed by atoms with Crippen LogP contribution in [0.4, 0.5) is 4.79 Å². The van der Waals surface area contributed by atoms with Gasteiger partial charge >= 0.3 is 12.0 Å². The van der Waals surface area contributed by atoms with Gasteiger partial charge in [-0.2, -0.15) is 0 Å². The second kappa shape index (κ2) is 7.64. The Hall–Kier alpha value is -1.30. The van der Waals surface area contributed by atoms with Crippen molar-refractivity contribution < 1.29 is 19.4 Å². The van der Waals surface area contributed by atoms with Gasteiger partial charge in [-0.1, -0.05) is 19.3 Å². The van der Waals surface area contributed by atoms with E-state index in [4.69, 9.17) is 9.84 Å². The van der Waals surface area contributed by atoms with Crippen molar-refractivity contribution in [3.63, 3.8) is 0 Å². The molecule has 1 heterocycles. The monoisotopic (exact) mass is 298 g/mol. The Bertz CT molecular complexity index is 369. The average Bonchev–Trinajstić information content (AvgIpc) is 2.48. The summed E-state index contributed by atoms with van der Waals surface area (Å²) in [7, 11) is 0. The van der Waals surface area contributed by atoms with E-state index in [1.807, 2.05) is 11.8 Å². The van der Waals surface area contributed by atoms with Gasteiger partial charge in [-0.3, -0.25) is 4.79 Å². The fourth-order valence-corrected chi connectivity index (χ4v) is 3.34. The average molecular weight is 298 g/mol. The summed E-state index contributed by atoms with van der Waals surface area (Å²) in [5.41, 5.74) is 0. The fraction of sp³-hybridized carbons (Fsp3) is 0.867. The molecule has 1 saturated carbocycles. The SMILES string of the molecule is CCN(C(=O)N1CCOC(CC(=O)O)C1)C1CCCCC1. The molecule has 0 aromatic carbocycles. The van der Waals surface area contributed by atoms with Gasteiger partial charge in [0.2, 0.25) is 0 Å². The van der Waals surface area contributed by atoms with Gasteiger partial charge in [0.1, 0.15) is 0 Å². The zero-order valence-corrected chi connectivity index (χ0v) is 12.8. The lowest BCUT2D eigenvalue weighted by Gasteiger charge is -2.40. The summed E-state index contributed by atoms with van der Waals surface area (Å²) in [4.78, 5) is 27.2. The Morgan fingerprint density at radius 1 is 1.29 bits per heavy atom. The van der Waals surface area contributed by atoms with Crippen LogP contribution in [0.15, 0.2) is 0 Å². The van der Waals surface area contributed by atoms with E-state index in [0.29, 0.717) is 32.3 Å². The van der Waals surface area contributed by atoms with E-state index >= 15 is 0 Å². The molecule has 1 atom stereocenters. The smallest absolute Gasteiger partial charge is 0.320 e. The summed E-state index contributed by atoms with van der Waals surface area (Å²) in [5, 5.41) is 8.86. The molecule has 2 rings (SSSR count). The maximum atomic E-state index is 12.7. The predicted molar refractivity (Wildman–Crippen MR) is 78.2 cm³/mol. The van der Waals surface area contributed by atoms with Crippen LogP contribution in [0.2, 0.25) is 0 Å². The van der Waals surface area contributed by atoms with E-state index in [1.165, 1.54) is 19.3 Å². The molecule has 1 N–H and O–H groups in total. The van der Waals surface area contributed by atoms with Crippen molar-refractivity contribution in [1.82, 2.24) is 9.80 Å². The molecule has 0 aromatic rings. The first-order valence-corrected chi connectivity index (χ1v) is 8.00. The van der Waals surface area contributed by atoms with Gasteiger partial charge in [0.15, 0.2) is 0 Å². The van der Waals surface area contributed by atoms with Crippen LogP contribution in [0.1, 0.15) is 45.4 Å². The topological polar surface area (TPSA) is 70.1 Å². The number of ether oxygens (including phenoxy) is 1. The van der Waals surface area contributed by atoms with Crippen molar-refractivity contribution in [3.8, 4) is 0 Å². The molecule has 1 saturated heterocycles. The minimum absolute atomic E-state index is 0.0423. The van der Waals surface area contributed by atoms with Gasteiger partial charge < -0.3 is 19.6 Å². The molecular weight excluding hydrogens is 272 g/mol. The van der Waals surface area contributed by atoms with Gasteiger partial charge in [0.05, 0.1) is 19.1 Å². The van der Waals surface area contributed by atoms with E-state index in [2.05, 4.69) is 0 Å². The van der Waals surface area contributed by atoms with E-state index in [9.17, 15) is 9.59 Å². The molecule has 2 amide bonds. The summed E-state index contributed by atoms with van der Waals surface area (Å²) in [6.45, 7) is 4.09. The highest BCUT2D eigenvalue weighted by Crippen LogP contribution is 2.24. The number of aliphatic carboxylic acids is 1. The third-order valence-electron chi connectivity index (χ3n) is 4.41. The van der Waals surface area contributed by atoms with Crippen LogP contribution in [-0.2, 0) is 9.53 Å². The number of carbonyl (C=O) groups is 2. The number of carboxylic acid groups (broad SMARTS) is 1. The first-order chi connectivity index (χ1) is 10.1. The molecule has 6 nitrogen and oxygen atoms in total. The first-order valence-electron chi connectivity index (χ1n) is 8.00. The van der Waals surface area contributed by atoms with Crippen LogP contribution in [0.25, 0.3) is 0 Å². The minimum atomic E-state index is -0.881. The molecule has 0 aromatic heterocycles. The van der Waals surface area contributed by atoms with Crippen LogP contribution >= 0.6 is 0 Å². The third kappa shape index (κ3) is 4.33. The van der Waals surface area contributed by atoms with Gasteiger partial charge in [0, 0.05) is 25.7 Å². The van der Waals surface area contributed by atoms with E-state index in [0.717, 1.165) is 12.8 Å². The number of urea groups is 1. The normalized spacial score (nSPS) is 23.9. The van der Waals surface area contributed by atoms with Crippen LogP contribution in [0.3, 0.4) is 0 Å². The van der Waals surface area contributed by atoms with Gasteiger partial charge in [-0.05, 0) is 19.8 Å². The molecule has 1 unspecified atom stereocenters. The molecule has 1 aliphatic heterocycles. The molecule has 0 radical (unpaired) electrons. The Morgan fingerprint density at radius 2 is 2.00 bits per heavy atom. The Labute approximate surface area is 126 Å². The summed E-state index contributed by atoms with van der Waals surface area (Å²) in [6, 6.07) is 0.389. The minimum Gasteiger partial charge on any atom is -0.481 e. The number of carbonyl (C=O) groups excluding carboxylic acids is 1. The largest absolute Gasteiger partial charge is 0.481 e. The molecule has 2 aliphatic rings. The van der Waals surface area contributed by atoms with Crippen molar-refractivity contribution in [2.75, 3.05) is 26.2 Å². The van der Waals surface area contributed by atoms with Crippen molar-refractivity contribution in [3.05, 3.63) is 0 Å². The summed E-state index contributed by atoms with van der Waals surface area (Å²) in [6.07, 6.45) is 5.40. The third-order valence-corrected chi connectivity index (χ3v) is 4.41. The molecular formula is C15H26N2O4. The number of rotatable bonds is 4. The molecule has 0 bridgehead atoms. The number of nitrogens with zero attached hydrogens (tertiary/aromatic N) is 2. The summed E-state index contributed by atoms with van der Waals surface area (Å²) < 4.78 is 5.43. The van der Waals surface area contributed by atoms with Crippen molar-refractivity contribution in [2.45, 2.75) is 57.6 Å². The van der Waals surface area contributed by atoms with E-state index in [-0.39, 0.29) is 18.6 Å². The van der Waals surface area contributed by atoms with Gasteiger partial charge in [-0.15, -0.1) is 0 Å². The predicted octanol–water partition coefficient (Wildman–Crippen LogP) is 1.94. The Balaban J connectivity index is 1.94. The number of carboxylic acids is 1. The Morgan fingerprint density at radius 3 is 2.62 bits per heavy atom. The van der Waals surface area contributed by atoms with Crippen molar-refractivity contribution in [2.24, 2.45) is 0 Å². The van der Waals surface area contributed by atoms with Crippen LogP contribution in [0, 0.1) is 0 Å². The number of morpholine rings is 1. The maximum absolute atomic E-state index is 12.7. The molecule has 120 valence electrons. The number of amides is 2. The molecule has 2 fully saturated rings. The zero-order valence-electron chi connectivity index (χ0n) is 12.8.